The highest BCUT2D eigenvalue weighted by molar-refractivity contribution is 5.73. The normalized spacial score (nSPS) is 15.9. The number of morpholine rings is 1. The second kappa shape index (κ2) is 8.23. The Morgan fingerprint density at radius 1 is 1.00 bits per heavy atom. The summed E-state index contributed by atoms with van der Waals surface area (Å²) in [6, 6.07) is 7.73. The van der Waals surface area contributed by atoms with E-state index in [0.29, 0.717) is 32.3 Å². The lowest BCUT2D eigenvalue weighted by molar-refractivity contribution is 0.122. The van der Waals surface area contributed by atoms with Crippen molar-refractivity contribution in [3.63, 3.8) is 0 Å². The third-order valence-corrected chi connectivity index (χ3v) is 5.27. The Morgan fingerprint density at radius 3 is 2.58 bits per heavy atom. The second-order valence-electron chi connectivity index (χ2n) is 7.17. The summed E-state index contributed by atoms with van der Waals surface area (Å²) in [4.78, 5) is 22.2. The zero-order valence-corrected chi connectivity index (χ0v) is 17.2. The molecule has 2 aliphatic heterocycles. The highest BCUT2D eigenvalue weighted by atomic mass is 16.5. The number of nitrogen functional groups attached to an aromatic ring is 1. The van der Waals surface area contributed by atoms with Gasteiger partial charge in [-0.1, -0.05) is 0 Å². The highest BCUT2D eigenvalue weighted by Crippen LogP contribution is 2.39. The molecule has 0 spiro atoms. The van der Waals surface area contributed by atoms with Crippen LogP contribution in [0.15, 0.2) is 36.7 Å². The van der Waals surface area contributed by atoms with Crippen LogP contribution in [0, 0.1) is 0 Å². The van der Waals surface area contributed by atoms with Gasteiger partial charge in [0.2, 0.25) is 11.9 Å². The van der Waals surface area contributed by atoms with Crippen LogP contribution < -0.4 is 25.0 Å². The SMILES string of the molecule is COc1ccc2c(c1)OCCN2c1cc(-c2cnc(N)nc2)nc(N2CCOCC2)n1. The summed E-state index contributed by atoms with van der Waals surface area (Å²) in [5, 5.41) is 0. The van der Waals surface area contributed by atoms with E-state index in [1.807, 2.05) is 24.3 Å². The van der Waals surface area contributed by atoms with E-state index in [9.17, 15) is 0 Å². The number of ether oxygens (including phenoxy) is 3. The molecule has 0 atom stereocenters. The Hall–Kier alpha value is -3.66. The maximum atomic E-state index is 5.87. The van der Waals surface area contributed by atoms with E-state index in [1.165, 1.54) is 0 Å². The second-order valence-corrected chi connectivity index (χ2v) is 7.17. The lowest BCUT2D eigenvalue weighted by Crippen LogP contribution is -2.38. The number of anilines is 4. The Kier molecular flexibility index (Phi) is 5.13. The highest BCUT2D eigenvalue weighted by Gasteiger charge is 2.24. The molecule has 10 nitrogen and oxygen atoms in total. The van der Waals surface area contributed by atoms with Gasteiger partial charge < -0.3 is 29.7 Å². The maximum Gasteiger partial charge on any atom is 0.228 e. The van der Waals surface area contributed by atoms with Crippen LogP contribution in [0.25, 0.3) is 11.3 Å². The van der Waals surface area contributed by atoms with Gasteiger partial charge >= 0.3 is 0 Å². The van der Waals surface area contributed by atoms with E-state index in [-0.39, 0.29) is 5.95 Å². The van der Waals surface area contributed by atoms with Crippen molar-refractivity contribution in [1.29, 1.82) is 0 Å². The fraction of sp³-hybridized carbons (Fsp3) is 0.333. The maximum absolute atomic E-state index is 5.87. The van der Waals surface area contributed by atoms with Gasteiger partial charge in [0.1, 0.15) is 23.9 Å². The lowest BCUT2D eigenvalue weighted by Gasteiger charge is -2.32. The average Bonchev–Trinajstić information content (AvgIpc) is 2.84. The monoisotopic (exact) mass is 421 g/mol. The van der Waals surface area contributed by atoms with Crippen LogP contribution in [-0.2, 0) is 4.74 Å². The molecule has 2 N–H and O–H groups in total. The van der Waals surface area contributed by atoms with Crippen LogP contribution in [-0.4, -0.2) is 66.5 Å². The molecule has 0 amide bonds. The van der Waals surface area contributed by atoms with E-state index in [2.05, 4.69) is 19.8 Å². The Balaban J connectivity index is 1.59. The zero-order valence-electron chi connectivity index (χ0n) is 17.2. The van der Waals surface area contributed by atoms with Gasteiger partial charge in [-0.15, -0.1) is 0 Å². The summed E-state index contributed by atoms with van der Waals surface area (Å²) in [6.07, 6.45) is 3.35. The molecule has 5 rings (SSSR count). The van der Waals surface area contributed by atoms with Crippen LogP contribution >= 0.6 is 0 Å². The summed E-state index contributed by atoms with van der Waals surface area (Å²) in [5.41, 5.74) is 8.10. The standard InChI is InChI=1S/C21H23N7O3/c1-29-15-2-3-17-18(10-15)31-9-6-28(17)19-11-16(14-12-23-20(22)24-13-14)25-21(26-19)27-4-7-30-8-5-27/h2-3,10-13H,4-9H2,1H3,(H2,22,23,24). The zero-order chi connectivity index (χ0) is 21.2. The first-order valence-corrected chi connectivity index (χ1v) is 10.1. The number of rotatable bonds is 4. The van der Waals surface area contributed by atoms with Crippen molar-refractivity contribution in [1.82, 2.24) is 19.9 Å². The number of hydrogen-bond acceptors (Lipinski definition) is 10. The minimum Gasteiger partial charge on any atom is -0.497 e. The van der Waals surface area contributed by atoms with E-state index < -0.39 is 0 Å². The fourth-order valence-corrected chi connectivity index (χ4v) is 3.65. The number of nitrogens with two attached hydrogens (primary N) is 1. The first-order chi connectivity index (χ1) is 15.2. The summed E-state index contributed by atoms with van der Waals surface area (Å²) < 4.78 is 16.7. The van der Waals surface area contributed by atoms with Crippen LogP contribution in [0.1, 0.15) is 0 Å². The molecule has 1 saturated heterocycles. The van der Waals surface area contributed by atoms with Crippen LogP contribution in [0.5, 0.6) is 11.5 Å². The van der Waals surface area contributed by atoms with Crippen LogP contribution in [0.3, 0.4) is 0 Å². The smallest absolute Gasteiger partial charge is 0.228 e. The van der Waals surface area contributed by atoms with Crippen molar-refractivity contribution in [2.45, 2.75) is 0 Å². The van der Waals surface area contributed by atoms with Gasteiger partial charge in [0, 0.05) is 43.2 Å². The predicted octanol–water partition coefficient (Wildman–Crippen LogP) is 1.89. The van der Waals surface area contributed by atoms with Crippen molar-refractivity contribution in [3.8, 4) is 22.8 Å². The van der Waals surface area contributed by atoms with Gasteiger partial charge in [-0.05, 0) is 12.1 Å². The molecule has 0 bridgehead atoms. The van der Waals surface area contributed by atoms with E-state index in [1.54, 1.807) is 19.5 Å². The molecule has 0 saturated carbocycles. The van der Waals surface area contributed by atoms with Gasteiger partial charge in [-0.2, -0.15) is 4.98 Å². The molecule has 2 aromatic heterocycles. The molecular weight excluding hydrogens is 398 g/mol. The van der Waals surface area contributed by atoms with Crippen molar-refractivity contribution in [3.05, 3.63) is 36.7 Å². The number of methoxy groups -OCH3 is 1. The van der Waals surface area contributed by atoms with Crippen molar-refractivity contribution < 1.29 is 14.2 Å². The van der Waals surface area contributed by atoms with Gasteiger partial charge in [0.05, 0.1) is 38.2 Å². The van der Waals surface area contributed by atoms with E-state index >= 15 is 0 Å². The lowest BCUT2D eigenvalue weighted by atomic mass is 10.2. The molecule has 160 valence electrons. The quantitative estimate of drug-likeness (QED) is 0.670. The number of aromatic nitrogens is 4. The Labute approximate surface area is 179 Å². The number of hydrogen-bond donors (Lipinski definition) is 1. The molecule has 10 heteroatoms. The largest absolute Gasteiger partial charge is 0.497 e. The molecule has 1 fully saturated rings. The molecule has 1 aromatic carbocycles. The number of fused-ring (bicyclic) bond motifs is 1. The van der Waals surface area contributed by atoms with Crippen molar-refractivity contribution in [2.24, 2.45) is 0 Å². The van der Waals surface area contributed by atoms with Crippen LogP contribution in [0.2, 0.25) is 0 Å². The summed E-state index contributed by atoms with van der Waals surface area (Å²) >= 11 is 0. The molecule has 0 aliphatic carbocycles. The Morgan fingerprint density at radius 2 is 1.81 bits per heavy atom. The molecule has 4 heterocycles. The fourth-order valence-electron chi connectivity index (χ4n) is 3.65. The third kappa shape index (κ3) is 3.89. The van der Waals surface area contributed by atoms with Crippen molar-refractivity contribution >= 4 is 23.4 Å². The summed E-state index contributed by atoms with van der Waals surface area (Å²) in [7, 11) is 1.64. The number of nitrogens with zero attached hydrogens (tertiary/aromatic N) is 6. The minimum atomic E-state index is 0.225. The van der Waals surface area contributed by atoms with Gasteiger partial charge in [0.15, 0.2) is 0 Å². The molecular formula is C21H23N7O3. The molecule has 0 unspecified atom stereocenters. The predicted molar refractivity (Wildman–Crippen MR) is 116 cm³/mol. The summed E-state index contributed by atoms with van der Waals surface area (Å²) in [5.74, 6) is 3.15. The first kappa shape index (κ1) is 19.3. The molecule has 2 aliphatic rings. The van der Waals surface area contributed by atoms with E-state index in [0.717, 1.165) is 47.4 Å². The van der Waals surface area contributed by atoms with Crippen LogP contribution in [0.4, 0.5) is 23.4 Å². The van der Waals surface area contributed by atoms with Crippen molar-refractivity contribution in [2.75, 3.05) is 62.1 Å². The third-order valence-electron chi connectivity index (χ3n) is 5.27. The molecule has 31 heavy (non-hydrogen) atoms. The number of benzene rings is 1. The molecule has 3 aromatic rings. The topological polar surface area (TPSA) is 112 Å². The van der Waals surface area contributed by atoms with Gasteiger partial charge in [-0.3, -0.25) is 0 Å². The minimum absolute atomic E-state index is 0.225. The Bertz CT molecular complexity index is 1070. The first-order valence-electron chi connectivity index (χ1n) is 10.1. The van der Waals surface area contributed by atoms with Gasteiger partial charge in [-0.25, -0.2) is 15.0 Å². The van der Waals surface area contributed by atoms with Gasteiger partial charge in [0.25, 0.3) is 0 Å². The summed E-state index contributed by atoms with van der Waals surface area (Å²) in [6.45, 7) is 3.96. The molecule has 0 radical (unpaired) electrons. The van der Waals surface area contributed by atoms with E-state index in [4.69, 9.17) is 29.9 Å². The average molecular weight is 421 g/mol.